The van der Waals surface area contributed by atoms with E-state index in [1.165, 1.54) is 0 Å². The summed E-state index contributed by atoms with van der Waals surface area (Å²) in [6.07, 6.45) is 2.05. The molecule has 0 atom stereocenters. The Morgan fingerprint density at radius 3 is 2.78 bits per heavy atom. The van der Waals surface area contributed by atoms with E-state index in [1.807, 2.05) is 0 Å². The molecular formula is C5H14N2O2. The molecular weight excluding hydrogens is 120 g/mol. The summed E-state index contributed by atoms with van der Waals surface area (Å²) in [4.78, 5) is 4.51. The predicted octanol–water partition coefficient (Wildman–Crippen LogP) is -0.156. The van der Waals surface area contributed by atoms with Crippen molar-refractivity contribution < 1.29 is 9.94 Å². The molecule has 56 valence electrons. The van der Waals surface area contributed by atoms with E-state index in [0.29, 0.717) is 6.54 Å². The van der Waals surface area contributed by atoms with E-state index in [2.05, 4.69) is 11.8 Å². The second-order valence-corrected chi connectivity index (χ2v) is 1.75. The van der Waals surface area contributed by atoms with Gasteiger partial charge in [-0.05, 0) is 6.42 Å². The van der Waals surface area contributed by atoms with Gasteiger partial charge in [0.15, 0.2) is 6.79 Å². The minimum absolute atomic E-state index is 0.347. The van der Waals surface area contributed by atoms with Crippen LogP contribution >= 0.6 is 0 Å². The average Bonchev–Trinajstić information content (AvgIpc) is 1.85. The van der Waals surface area contributed by atoms with Crippen molar-refractivity contribution in [3.8, 4) is 0 Å². The van der Waals surface area contributed by atoms with Gasteiger partial charge in [-0.25, -0.2) is 5.84 Å². The highest BCUT2D eigenvalue weighted by atomic mass is 16.8. The highest BCUT2D eigenvalue weighted by Gasteiger charge is 1.93. The normalized spacial score (nSPS) is 10.7. The van der Waals surface area contributed by atoms with Gasteiger partial charge in [0.2, 0.25) is 0 Å². The lowest BCUT2D eigenvalue weighted by Crippen LogP contribution is -2.32. The smallest absolute Gasteiger partial charge is 0.165 e. The summed E-state index contributed by atoms with van der Waals surface area (Å²) in [7, 11) is 0. The number of hydroxylamine groups is 1. The fourth-order valence-corrected chi connectivity index (χ4v) is 0.453. The number of hydrogen-bond acceptors (Lipinski definition) is 4. The molecule has 3 N–H and O–H groups in total. The molecule has 0 heterocycles. The maximum Gasteiger partial charge on any atom is 0.165 e. The lowest BCUT2D eigenvalue weighted by atomic mass is 10.3. The summed E-state index contributed by atoms with van der Waals surface area (Å²) in [6, 6.07) is 0. The molecule has 4 nitrogen and oxygen atoms in total. The Kier molecular flexibility index (Phi) is 5.86. The van der Waals surface area contributed by atoms with Crippen molar-refractivity contribution in [1.29, 1.82) is 0 Å². The topological polar surface area (TPSA) is 58.7 Å². The van der Waals surface area contributed by atoms with Gasteiger partial charge in [0.1, 0.15) is 0 Å². The minimum atomic E-state index is -0.347. The molecule has 0 bridgehead atoms. The van der Waals surface area contributed by atoms with Gasteiger partial charge < -0.3 is 5.11 Å². The first-order valence-electron chi connectivity index (χ1n) is 3.07. The molecule has 0 aliphatic heterocycles. The van der Waals surface area contributed by atoms with Gasteiger partial charge >= 0.3 is 0 Å². The SMILES string of the molecule is CCCCN(N)OCO. The number of aliphatic hydroxyl groups excluding tert-OH is 1. The van der Waals surface area contributed by atoms with Crippen LogP contribution in [0.1, 0.15) is 19.8 Å². The summed E-state index contributed by atoms with van der Waals surface area (Å²) in [5.74, 6) is 5.22. The molecule has 0 aromatic heterocycles. The van der Waals surface area contributed by atoms with Crippen molar-refractivity contribution in [3.05, 3.63) is 0 Å². The molecule has 0 aliphatic carbocycles. The first-order valence-corrected chi connectivity index (χ1v) is 3.07. The molecule has 0 saturated heterocycles. The van der Waals surface area contributed by atoms with Crippen molar-refractivity contribution in [2.75, 3.05) is 13.3 Å². The zero-order chi connectivity index (χ0) is 7.11. The summed E-state index contributed by atoms with van der Waals surface area (Å²) in [5, 5.41) is 9.33. The maximum absolute atomic E-state index is 8.19. The maximum atomic E-state index is 8.19. The van der Waals surface area contributed by atoms with Crippen LogP contribution in [0.3, 0.4) is 0 Å². The molecule has 0 aromatic rings. The fourth-order valence-electron chi connectivity index (χ4n) is 0.453. The zero-order valence-corrected chi connectivity index (χ0v) is 5.71. The molecule has 4 heteroatoms. The third kappa shape index (κ3) is 5.72. The number of nitrogens with two attached hydrogens (primary N) is 1. The first kappa shape index (κ1) is 8.84. The van der Waals surface area contributed by atoms with Crippen molar-refractivity contribution in [2.45, 2.75) is 19.8 Å². The van der Waals surface area contributed by atoms with Crippen LogP contribution < -0.4 is 5.84 Å². The monoisotopic (exact) mass is 134 g/mol. The van der Waals surface area contributed by atoms with Crippen molar-refractivity contribution in [2.24, 2.45) is 5.84 Å². The number of rotatable bonds is 5. The second-order valence-electron chi connectivity index (χ2n) is 1.75. The molecule has 0 amide bonds. The van der Waals surface area contributed by atoms with Gasteiger partial charge in [0.05, 0.1) is 0 Å². The van der Waals surface area contributed by atoms with E-state index in [0.717, 1.165) is 18.0 Å². The van der Waals surface area contributed by atoms with Gasteiger partial charge in [-0.1, -0.05) is 13.3 Å². The van der Waals surface area contributed by atoms with Crippen molar-refractivity contribution >= 4 is 0 Å². The van der Waals surface area contributed by atoms with Crippen LogP contribution in [-0.2, 0) is 4.84 Å². The Morgan fingerprint density at radius 1 is 1.67 bits per heavy atom. The summed E-state index contributed by atoms with van der Waals surface area (Å²) < 4.78 is 0. The highest BCUT2D eigenvalue weighted by molar-refractivity contribution is 4.33. The molecule has 0 saturated carbocycles. The number of hydrogen-bond donors (Lipinski definition) is 2. The first-order chi connectivity index (χ1) is 4.31. The Morgan fingerprint density at radius 2 is 2.33 bits per heavy atom. The van der Waals surface area contributed by atoms with Crippen molar-refractivity contribution in [1.82, 2.24) is 5.17 Å². The predicted molar refractivity (Wildman–Crippen MR) is 34.0 cm³/mol. The van der Waals surface area contributed by atoms with E-state index in [4.69, 9.17) is 10.9 Å². The van der Waals surface area contributed by atoms with Crippen LogP contribution in [0, 0.1) is 0 Å². The number of nitrogens with zero attached hydrogens (tertiary/aromatic N) is 1. The molecule has 9 heavy (non-hydrogen) atoms. The van der Waals surface area contributed by atoms with Gasteiger partial charge in [-0.3, -0.25) is 4.84 Å². The van der Waals surface area contributed by atoms with E-state index in [-0.39, 0.29) is 6.79 Å². The molecule has 0 aromatic carbocycles. The van der Waals surface area contributed by atoms with Crippen LogP contribution in [-0.4, -0.2) is 23.6 Å². The summed E-state index contributed by atoms with van der Waals surface area (Å²) in [5.41, 5.74) is 0. The third-order valence-electron chi connectivity index (χ3n) is 0.956. The second kappa shape index (κ2) is 5.97. The van der Waals surface area contributed by atoms with Crippen LogP contribution in [0.15, 0.2) is 0 Å². The van der Waals surface area contributed by atoms with E-state index in [9.17, 15) is 0 Å². The van der Waals surface area contributed by atoms with Crippen molar-refractivity contribution in [3.63, 3.8) is 0 Å². The largest absolute Gasteiger partial charge is 0.369 e. The van der Waals surface area contributed by atoms with Crippen LogP contribution in [0.25, 0.3) is 0 Å². The highest BCUT2D eigenvalue weighted by Crippen LogP contribution is 1.88. The van der Waals surface area contributed by atoms with Crippen LogP contribution in [0.2, 0.25) is 0 Å². The number of aliphatic hydroxyl groups is 1. The lowest BCUT2D eigenvalue weighted by molar-refractivity contribution is -0.212. The third-order valence-corrected chi connectivity index (χ3v) is 0.956. The number of hydrazine groups is 1. The summed E-state index contributed by atoms with van der Waals surface area (Å²) in [6.45, 7) is 2.38. The van der Waals surface area contributed by atoms with Gasteiger partial charge in [-0.2, -0.15) is 0 Å². The molecule has 0 spiro atoms. The number of unbranched alkanes of at least 4 members (excludes halogenated alkanes) is 1. The van der Waals surface area contributed by atoms with Crippen LogP contribution in [0.4, 0.5) is 0 Å². The van der Waals surface area contributed by atoms with E-state index >= 15 is 0 Å². The van der Waals surface area contributed by atoms with Crippen LogP contribution in [0.5, 0.6) is 0 Å². The standard InChI is InChI=1S/C5H14N2O2/c1-2-3-4-7(6)9-5-8/h8H,2-6H2,1H3. The van der Waals surface area contributed by atoms with Gasteiger partial charge in [0, 0.05) is 6.54 Å². The molecule has 0 radical (unpaired) electrons. The minimum Gasteiger partial charge on any atom is -0.369 e. The van der Waals surface area contributed by atoms with Gasteiger partial charge in [-0.15, -0.1) is 5.17 Å². The molecule has 0 aliphatic rings. The van der Waals surface area contributed by atoms with E-state index in [1.54, 1.807) is 0 Å². The lowest BCUT2D eigenvalue weighted by Gasteiger charge is -2.12. The molecule has 0 fully saturated rings. The average molecular weight is 134 g/mol. The van der Waals surface area contributed by atoms with Gasteiger partial charge in [0.25, 0.3) is 0 Å². The quantitative estimate of drug-likeness (QED) is 0.312. The summed E-state index contributed by atoms with van der Waals surface area (Å²) >= 11 is 0. The zero-order valence-electron chi connectivity index (χ0n) is 5.71. The Labute approximate surface area is 55.1 Å². The molecule has 0 unspecified atom stereocenters. The van der Waals surface area contributed by atoms with E-state index < -0.39 is 0 Å². The fraction of sp³-hybridized carbons (Fsp3) is 1.00. The Balaban J connectivity index is 2.95. The Hall–Kier alpha value is -0.160. The Bertz CT molecular complexity index is 60.9. The molecule has 0 rings (SSSR count).